The summed E-state index contributed by atoms with van der Waals surface area (Å²) in [6.45, 7) is 5.52. The van der Waals surface area contributed by atoms with Crippen molar-refractivity contribution >= 4 is 0 Å². The van der Waals surface area contributed by atoms with Crippen LogP contribution in [0, 0.1) is 20.8 Å². The van der Waals surface area contributed by atoms with E-state index >= 15 is 0 Å². The lowest BCUT2D eigenvalue weighted by atomic mass is 9.93. The lowest BCUT2D eigenvalue weighted by molar-refractivity contribution is -0.179. The fourth-order valence-corrected chi connectivity index (χ4v) is 2.02. The van der Waals surface area contributed by atoms with Gasteiger partial charge in [-0.1, -0.05) is 12.1 Å². The number of hydrogen-bond acceptors (Lipinski definition) is 1. The average Bonchev–Trinajstić information content (AvgIpc) is 2.16. The standard InChI is InChI=1S/C13H18F3N/c1-8-6-7-11(10(3)9(8)2)12(17(4)5)13(14,15)16/h6-7,12H,1-5H3. The van der Waals surface area contributed by atoms with Gasteiger partial charge in [-0.2, -0.15) is 13.2 Å². The summed E-state index contributed by atoms with van der Waals surface area (Å²) >= 11 is 0. The Kier molecular flexibility index (Phi) is 3.87. The van der Waals surface area contributed by atoms with Gasteiger partial charge < -0.3 is 0 Å². The van der Waals surface area contributed by atoms with E-state index in [2.05, 4.69) is 0 Å². The van der Waals surface area contributed by atoms with Crippen LogP contribution in [0.5, 0.6) is 0 Å². The van der Waals surface area contributed by atoms with Crippen LogP contribution in [0.1, 0.15) is 28.3 Å². The van der Waals surface area contributed by atoms with Crippen molar-refractivity contribution in [1.29, 1.82) is 0 Å². The van der Waals surface area contributed by atoms with E-state index < -0.39 is 12.2 Å². The van der Waals surface area contributed by atoms with Gasteiger partial charge in [0, 0.05) is 0 Å². The van der Waals surface area contributed by atoms with Gasteiger partial charge in [-0.25, -0.2) is 0 Å². The van der Waals surface area contributed by atoms with Gasteiger partial charge in [0.1, 0.15) is 6.04 Å². The summed E-state index contributed by atoms with van der Waals surface area (Å²) < 4.78 is 39.1. The number of aryl methyl sites for hydroxylation is 1. The molecule has 0 saturated heterocycles. The summed E-state index contributed by atoms with van der Waals surface area (Å²) in [7, 11) is 2.90. The minimum atomic E-state index is -4.25. The first-order valence-electron chi connectivity index (χ1n) is 5.46. The lowest BCUT2D eigenvalue weighted by Gasteiger charge is -2.29. The van der Waals surface area contributed by atoms with E-state index in [4.69, 9.17) is 0 Å². The van der Waals surface area contributed by atoms with Crippen molar-refractivity contribution in [2.75, 3.05) is 14.1 Å². The molecular formula is C13H18F3N. The Labute approximate surface area is 100 Å². The van der Waals surface area contributed by atoms with E-state index in [0.29, 0.717) is 5.56 Å². The summed E-state index contributed by atoms with van der Waals surface area (Å²) in [5, 5.41) is 0. The minimum absolute atomic E-state index is 0.339. The van der Waals surface area contributed by atoms with Crippen molar-refractivity contribution in [3.63, 3.8) is 0 Å². The van der Waals surface area contributed by atoms with Crippen LogP contribution in [0.4, 0.5) is 13.2 Å². The molecule has 0 aliphatic heterocycles. The molecule has 1 aromatic rings. The van der Waals surface area contributed by atoms with Crippen LogP contribution in [-0.4, -0.2) is 25.2 Å². The topological polar surface area (TPSA) is 3.24 Å². The summed E-state index contributed by atoms with van der Waals surface area (Å²) in [5.41, 5.74) is 3.01. The Morgan fingerprint density at radius 1 is 1.00 bits per heavy atom. The molecule has 0 N–H and O–H groups in total. The number of halogens is 3. The van der Waals surface area contributed by atoms with Crippen molar-refractivity contribution in [1.82, 2.24) is 4.90 Å². The highest BCUT2D eigenvalue weighted by Crippen LogP contribution is 2.38. The second kappa shape index (κ2) is 4.69. The van der Waals surface area contributed by atoms with Crippen LogP contribution in [0.2, 0.25) is 0 Å². The maximum Gasteiger partial charge on any atom is 0.408 e. The van der Waals surface area contributed by atoms with Crippen molar-refractivity contribution < 1.29 is 13.2 Å². The fraction of sp³-hybridized carbons (Fsp3) is 0.538. The zero-order valence-electron chi connectivity index (χ0n) is 10.8. The Morgan fingerprint density at radius 3 is 1.94 bits per heavy atom. The smallest absolute Gasteiger partial charge is 0.295 e. The third kappa shape index (κ3) is 2.80. The van der Waals surface area contributed by atoms with Gasteiger partial charge in [0.25, 0.3) is 0 Å². The molecule has 1 rings (SSSR count). The molecule has 1 unspecified atom stereocenters. The molecule has 1 aromatic carbocycles. The highest BCUT2D eigenvalue weighted by Gasteiger charge is 2.43. The molecule has 0 radical (unpaired) electrons. The first-order valence-corrected chi connectivity index (χ1v) is 5.46. The zero-order chi connectivity index (χ0) is 13.4. The van der Waals surface area contributed by atoms with Crippen LogP contribution >= 0.6 is 0 Å². The zero-order valence-corrected chi connectivity index (χ0v) is 10.8. The molecule has 0 aliphatic rings. The van der Waals surface area contributed by atoms with E-state index in [1.54, 1.807) is 19.1 Å². The first-order chi connectivity index (χ1) is 7.66. The molecule has 1 atom stereocenters. The second-order valence-corrected chi connectivity index (χ2v) is 4.63. The third-order valence-electron chi connectivity index (χ3n) is 3.22. The molecule has 1 nitrogen and oxygen atoms in total. The van der Waals surface area contributed by atoms with Crippen molar-refractivity contribution in [3.8, 4) is 0 Å². The SMILES string of the molecule is Cc1ccc(C(N(C)C)C(F)(F)F)c(C)c1C. The van der Waals surface area contributed by atoms with Gasteiger partial charge in [0.2, 0.25) is 0 Å². The summed E-state index contributed by atoms with van der Waals surface area (Å²) in [5.74, 6) is 0. The predicted molar refractivity (Wildman–Crippen MR) is 63.1 cm³/mol. The minimum Gasteiger partial charge on any atom is -0.295 e. The third-order valence-corrected chi connectivity index (χ3v) is 3.22. The predicted octanol–water partition coefficient (Wildman–Crippen LogP) is 3.78. The van der Waals surface area contributed by atoms with Crippen LogP contribution < -0.4 is 0 Å². The van der Waals surface area contributed by atoms with Crippen molar-refractivity contribution in [2.24, 2.45) is 0 Å². The average molecular weight is 245 g/mol. The maximum atomic E-state index is 13.0. The number of nitrogens with zero attached hydrogens (tertiary/aromatic N) is 1. The van der Waals surface area contributed by atoms with Crippen molar-refractivity contribution in [2.45, 2.75) is 33.0 Å². The largest absolute Gasteiger partial charge is 0.408 e. The monoisotopic (exact) mass is 245 g/mol. The highest BCUT2D eigenvalue weighted by molar-refractivity contribution is 5.40. The quantitative estimate of drug-likeness (QED) is 0.766. The molecular weight excluding hydrogens is 227 g/mol. The molecule has 4 heteroatoms. The number of rotatable bonds is 2. The van der Waals surface area contributed by atoms with E-state index in [1.165, 1.54) is 19.0 Å². The van der Waals surface area contributed by atoms with Crippen molar-refractivity contribution in [3.05, 3.63) is 34.4 Å². The number of benzene rings is 1. The molecule has 0 fully saturated rings. The normalized spacial score (nSPS) is 14.2. The number of alkyl halides is 3. The molecule has 0 amide bonds. The van der Waals surface area contributed by atoms with E-state index in [9.17, 15) is 13.2 Å². The van der Waals surface area contributed by atoms with Gasteiger partial charge in [-0.3, -0.25) is 4.90 Å². The molecule has 0 aromatic heterocycles. The van der Waals surface area contributed by atoms with Crippen LogP contribution in [0.3, 0.4) is 0 Å². The molecule has 0 heterocycles. The maximum absolute atomic E-state index is 13.0. The van der Waals surface area contributed by atoms with Gasteiger partial charge in [-0.05, 0) is 57.1 Å². The lowest BCUT2D eigenvalue weighted by Crippen LogP contribution is -2.34. The Hall–Kier alpha value is -1.03. The van der Waals surface area contributed by atoms with Gasteiger partial charge in [0.05, 0.1) is 0 Å². The Morgan fingerprint density at radius 2 is 1.53 bits per heavy atom. The molecule has 0 spiro atoms. The Balaban J connectivity index is 3.35. The molecule has 0 aliphatic carbocycles. The molecule has 0 bridgehead atoms. The van der Waals surface area contributed by atoms with Gasteiger partial charge in [0.15, 0.2) is 0 Å². The second-order valence-electron chi connectivity index (χ2n) is 4.63. The number of hydrogen-bond donors (Lipinski definition) is 0. The summed E-state index contributed by atoms with van der Waals surface area (Å²) in [4.78, 5) is 1.21. The molecule has 96 valence electrons. The Bertz CT molecular complexity index is 408. The first kappa shape index (κ1) is 14.0. The molecule has 17 heavy (non-hydrogen) atoms. The fourth-order valence-electron chi connectivity index (χ4n) is 2.02. The van der Waals surface area contributed by atoms with Gasteiger partial charge in [-0.15, -0.1) is 0 Å². The van der Waals surface area contributed by atoms with Gasteiger partial charge >= 0.3 is 6.18 Å². The van der Waals surface area contributed by atoms with Crippen LogP contribution in [-0.2, 0) is 0 Å². The van der Waals surface area contributed by atoms with E-state index in [-0.39, 0.29) is 0 Å². The summed E-state index contributed by atoms with van der Waals surface area (Å²) in [6, 6.07) is 1.79. The summed E-state index contributed by atoms with van der Waals surface area (Å²) in [6.07, 6.45) is -4.25. The van der Waals surface area contributed by atoms with Crippen LogP contribution in [0.25, 0.3) is 0 Å². The highest BCUT2D eigenvalue weighted by atomic mass is 19.4. The van der Waals surface area contributed by atoms with Crippen LogP contribution in [0.15, 0.2) is 12.1 Å². The molecule has 0 saturated carbocycles. The van der Waals surface area contributed by atoms with E-state index in [0.717, 1.165) is 16.7 Å². The van der Waals surface area contributed by atoms with E-state index in [1.807, 2.05) is 13.8 Å².